The molecule has 0 spiro atoms. The van der Waals surface area contributed by atoms with Gasteiger partial charge in [0.05, 0.1) is 5.75 Å². The highest BCUT2D eigenvalue weighted by Crippen LogP contribution is 2.16. The molecule has 1 heterocycles. The van der Waals surface area contributed by atoms with Gasteiger partial charge in [-0.25, -0.2) is 8.42 Å². The zero-order chi connectivity index (χ0) is 17.7. The van der Waals surface area contributed by atoms with Crippen LogP contribution in [0.15, 0.2) is 24.3 Å². The number of amides is 1. The normalized spacial score (nSPS) is 16.6. The van der Waals surface area contributed by atoms with E-state index in [0.717, 1.165) is 0 Å². The summed E-state index contributed by atoms with van der Waals surface area (Å²) in [7, 11) is 0.470. The first-order valence-electron chi connectivity index (χ1n) is 7.93. The first-order valence-corrected chi connectivity index (χ1v) is 9.91. The van der Waals surface area contributed by atoms with Gasteiger partial charge in [-0.2, -0.15) is 4.31 Å². The SMILES string of the molecule is CN(C)CCC(=O)N1CCN(S(=O)(=O)Cc2ccc(Cl)cc2)CC1. The van der Waals surface area contributed by atoms with E-state index in [1.165, 1.54) is 4.31 Å². The molecule has 1 amide bonds. The molecular formula is C16H24ClN3O3S. The number of benzene rings is 1. The lowest BCUT2D eigenvalue weighted by atomic mass is 10.2. The van der Waals surface area contributed by atoms with Crippen molar-refractivity contribution >= 4 is 27.5 Å². The van der Waals surface area contributed by atoms with Crippen molar-refractivity contribution < 1.29 is 13.2 Å². The second kappa shape index (κ2) is 8.29. The Balaban J connectivity index is 1.88. The standard InChI is InChI=1S/C16H24ClN3O3S/c1-18(2)8-7-16(21)19-9-11-20(12-10-19)24(22,23)13-14-3-5-15(17)6-4-14/h3-6H,7-13H2,1-2H3. The van der Waals surface area contributed by atoms with E-state index in [1.807, 2.05) is 19.0 Å². The second-order valence-electron chi connectivity index (χ2n) is 6.22. The van der Waals surface area contributed by atoms with Crippen molar-refractivity contribution in [1.82, 2.24) is 14.1 Å². The fourth-order valence-corrected chi connectivity index (χ4v) is 4.22. The third kappa shape index (κ3) is 5.44. The Labute approximate surface area is 149 Å². The van der Waals surface area contributed by atoms with Gasteiger partial charge in [0.1, 0.15) is 0 Å². The van der Waals surface area contributed by atoms with Crippen LogP contribution in [0.5, 0.6) is 0 Å². The van der Waals surface area contributed by atoms with Gasteiger partial charge >= 0.3 is 0 Å². The van der Waals surface area contributed by atoms with Crippen LogP contribution in [0.1, 0.15) is 12.0 Å². The van der Waals surface area contributed by atoms with Gasteiger partial charge in [-0.1, -0.05) is 23.7 Å². The molecule has 8 heteroatoms. The highest BCUT2D eigenvalue weighted by molar-refractivity contribution is 7.88. The van der Waals surface area contributed by atoms with E-state index in [9.17, 15) is 13.2 Å². The molecule has 0 aliphatic carbocycles. The predicted molar refractivity (Wildman–Crippen MR) is 95.4 cm³/mol. The van der Waals surface area contributed by atoms with Crippen LogP contribution in [0.25, 0.3) is 0 Å². The minimum Gasteiger partial charge on any atom is -0.340 e. The number of nitrogens with zero attached hydrogens (tertiary/aromatic N) is 3. The Morgan fingerprint density at radius 1 is 1.12 bits per heavy atom. The van der Waals surface area contributed by atoms with E-state index < -0.39 is 10.0 Å². The molecule has 1 aliphatic heterocycles. The molecule has 1 aliphatic rings. The van der Waals surface area contributed by atoms with Crippen molar-refractivity contribution in [3.05, 3.63) is 34.9 Å². The first kappa shape index (κ1) is 19.2. The van der Waals surface area contributed by atoms with Crippen molar-refractivity contribution in [2.75, 3.05) is 46.8 Å². The molecule has 24 heavy (non-hydrogen) atoms. The number of hydrogen-bond donors (Lipinski definition) is 0. The summed E-state index contributed by atoms with van der Waals surface area (Å²) in [5.74, 6) is 0.0390. The average molecular weight is 374 g/mol. The van der Waals surface area contributed by atoms with Gasteiger partial charge in [0.15, 0.2) is 0 Å². The molecule has 0 atom stereocenters. The molecule has 134 valence electrons. The minimum absolute atomic E-state index is 0.0429. The predicted octanol–water partition coefficient (Wildman–Crippen LogP) is 1.27. The summed E-state index contributed by atoms with van der Waals surface area (Å²) >= 11 is 5.82. The summed E-state index contributed by atoms with van der Waals surface area (Å²) in [6.07, 6.45) is 0.463. The second-order valence-corrected chi connectivity index (χ2v) is 8.62. The molecule has 0 N–H and O–H groups in total. The fraction of sp³-hybridized carbons (Fsp3) is 0.562. The quantitative estimate of drug-likeness (QED) is 0.753. The van der Waals surface area contributed by atoms with E-state index >= 15 is 0 Å². The summed E-state index contributed by atoms with van der Waals surface area (Å²) in [4.78, 5) is 15.8. The third-order valence-electron chi connectivity index (χ3n) is 4.02. The van der Waals surface area contributed by atoms with Gasteiger partial charge in [0.2, 0.25) is 15.9 Å². The molecule has 6 nitrogen and oxygen atoms in total. The van der Waals surface area contributed by atoms with E-state index in [2.05, 4.69) is 0 Å². The fourth-order valence-electron chi connectivity index (χ4n) is 2.58. The molecule has 0 unspecified atom stereocenters. The van der Waals surface area contributed by atoms with Crippen LogP contribution in [-0.2, 0) is 20.6 Å². The van der Waals surface area contributed by atoms with Crippen molar-refractivity contribution in [1.29, 1.82) is 0 Å². The van der Waals surface area contributed by atoms with Gasteiger partial charge in [0.25, 0.3) is 0 Å². The maximum Gasteiger partial charge on any atom is 0.223 e. The maximum absolute atomic E-state index is 12.5. The summed E-state index contributed by atoms with van der Waals surface area (Å²) in [5, 5.41) is 0.584. The number of halogens is 1. The van der Waals surface area contributed by atoms with Crippen LogP contribution in [-0.4, -0.2) is 75.2 Å². The largest absolute Gasteiger partial charge is 0.340 e. The van der Waals surface area contributed by atoms with Crippen LogP contribution >= 0.6 is 11.6 Å². The number of sulfonamides is 1. The van der Waals surface area contributed by atoms with Gasteiger partial charge in [-0.05, 0) is 31.8 Å². The lowest BCUT2D eigenvalue weighted by Gasteiger charge is -2.34. The van der Waals surface area contributed by atoms with E-state index in [0.29, 0.717) is 49.7 Å². The number of rotatable bonds is 6. The maximum atomic E-state index is 12.5. The topological polar surface area (TPSA) is 60.9 Å². The summed E-state index contributed by atoms with van der Waals surface area (Å²) in [6, 6.07) is 6.82. The molecule has 0 aromatic heterocycles. The Morgan fingerprint density at radius 3 is 2.25 bits per heavy atom. The summed E-state index contributed by atoms with van der Waals surface area (Å²) in [5.41, 5.74) is 0.712. The number of carbonyl (C=O) groups is 1. The Bertz CT molecular complexity index is 654. The van der Waals surface area contributed by atoms with Crippen molar-refractivity contribution in [2.45, 2.75) is 12.2 Å². The van der Waals surface area contributed by atoms with Crippen molar-refractivity contribution in [3.63, 3.8) is 0 Å². The first-order chi connectivity index (χ1) is 11.3. The number of carbonyl (C=O) groups excluding carboxylic acids is 1. The Hall–Kier alpha value is -1.15. The molecule has 1 saturated heterocycles. The highest BCUT2D eigenvalue weighted by Gasteiger charge is 2.28. The van der Waals surface area contributed by atoms with Gasteiger partial charge in [0, 0.05) is 44.2 Å². The summed E-state index contributed by atoms with van der Waals surface area (Å²) < 4.78 is 26.5. The molecule has 0 bridgehead atoms. The molecule has 2 rings (SSSR count). The zero-order valence-corrected chi connectivity index (χ0v) is 15.7. The average Bonchev–Trinajstić information content (AvgIpc) is 2.54. The Kier molecular flexibility index (Phi) is 6.62. The lowest BCUT2D eigenvalue weighted by molar-refractivity contribution is -0.132. The molecule has 1 aromatic rings. The van der Waals surface area contributed by atoms with Crippen LogP contribution < -0.4 is 0 Å². The number of hydrogen-bond acceptors (Lipinski definition) is 4. The minimum atomic E-state index is -3.38. The highest BCUT2D eigenvalue weighted by atomic mass is 35.5. The van der Waals surface area contributed by atoms with E-state index in [-0.39, 0.29) is 11.7 Å². The van der Waals surface area contributed by atoms with Crippen LogP contribution in [0.4, 0.5) is 0 Å². The van der Waals surface area contributed by atoms with Crippen molar-refractivity contribution in [3.8, 4) is 0 Å². The van der Waals surface area contributed by atoms with Gasteiger partial charge in [-0.3, -0.25) is 4.79 Å². The third-order valence-corrected chi connectivity index (χ3v) is 6.12. The zero-order valence-electron chi connectivity index (χ0n) is 14.1. The van der Waals surface area contributed by atoms with Crippen LogP contribution in [0.2, 0.25) is 5.02 Å². The van der Waals surface area contributed by atoms with E-state index in [4.69, 9.17) is 11.6 Å². The molecular weight excluding hydrogens is 350 g/mol. The summed E-state index contributed by atoms with van der Waals surface area (Å²) in [6.45, 7) is 2.30. The lowest BCUT2D eigenvalue weighted by Crippen LogP contribution is -2.51. The molecule has 0 saturated carbocycles. The molecule has 1 fully saturated rings. The van der Waals surface area contributed by atoms with Gasteiger partial charge < -0.3 is 9.80 Å². The monoisotopic (exact) mass is 373 g/mol. The van der Waals surface area contributed by atoms with Crippen LogP contribution in [0.3, 0.4) is 0 Å². The molecule has 0 radical (unpaired) electrons. The molecule has 1 aromatic carbocycles. The van der Waals surface area contributed by atoms with E-state index in [1.54, 1.807) is 29.2 Å². The van der Waals surface area contributed by atoms with Crippen LogP contribution in [0, 0.1) is 0 Å². The smallest absolute Gasteiger partial charge is 0.223 e. The van der Waals surface area contributed by atoms with Crippen molar-refractivity contribution in [2.24, 2.45) is 0 Å². The Morgan fingerprint density at radius 2 is 1.71 bits per heavy atom. The van der Waals surface area contributed by atoms with Gasteiger partial charge in [-0.15, -0.1) is 0 Å². The number of piperazine rings is 1.